The number of nitrogens with two attached hydrogens (primary N) is 1. The topological polar surface area (TPSA) is 96.6 Å². The molecule has 6 nitrogen and oxygen atoms in total. The van der Waals surface area contributed by atoms with Crippen LogP contribution < -0.4 is 15.8 Å². The summed E-state index contributed by atoms with van der Waals surface area (Å²) in [5.41, 5.74) is 0.943. The fourth-order valence-electron chi connectivity index (χ4n) is 3.40. The van der Waals surface area contributed by atoms with Crippen LogP contribution in [-0.2, 0) is 16.6 Å². The molecule has 1 fully saturated rings. The Morgan fingerprint density at radius 1 is 1.19 bits per heavy atom. The molecule has 154 valence electrons. The molecule has 0 aliphatic heterocycles. The van der Waals surface area contributed by atoms with E-state index in [0.29, 0.717) is 12.6 Å². The number of hydrogen-bond acceptors (Lipinski definition) is 3. The predicted molar refractivity (Wildman–Crippen MR) is 122 cm³/mol. The molecule has 0 spiro atoms. The highest BCUT2D eigenvalue weighted by Gasteiger charge is 2.23. The first kappa shape index (κ1) is 24.2. The van der Waals surface area contributed by atoms with Gasteiger partial charge in [-0.15, -0.1) is 24.0 Å². The minimum atomic E-state index is -3.65. The summed E-state index contributed by atoms with van der Waals surface area (Å²) in [5, 5.41) is 12.0. The lowest BCUT2D eigenvalue weighted by Crippen LogP contribution is -2.45. The Bertz CT molecular complexity index is 697. The van der Waals surface area contributed by atoms with Gasteiger partial charge in [-0.05, 0) is 62.1 Å². The Kier molecular flexibility index (Phi) is 10.0. The lowest BCUT2D eigenvalue weighted by atomic mass is 9.80. The Morgan fingerprint density at radius 3 is 2.26 bits per heavy atom. The molecule has 4 N–H and O–H groups in total. The van der Waals surface area contributed by atoms with Crippen LogP contribution in [0.25, 0.3) is 0 Å². The van der Waals surface area contributed by atoms with Crippen LogP contribution in [0.2, 0.25) is 0 Å². The standard InChI is InChI=1S/C19H32N4O2S.HI/c1-4-21-19(23-17-9-7-16(8-10-17)14(2)3)22-13-15-5-11-18(12-6-15)26(20,24)25;/h5-6,11-12,14,16-17H,4,7-10,13H2,1-3H3,(H2,20,24,25)(H2,21,22,23);1H. The zero-order valence-corrected chi connectivity index (χ0v) is 19.6. The highest BCUT2D eigenvalue weighted by molar-refractivity contribution is 14.0. The molecule has 8 heteroatoms. The third-order valence-electron chi connectivity index (χ3n) is 5.07. The van der Waals surface area contributed by atoms with Gasteiger partial charge in [0, 0.05) is 12.6 Å². The summed E-state index contributed by atoms with van der Waals surface area (Å²) in [4.78, 5) is 4.76. The molecule has 0 unspecified atom stereocenters. The number of nitrogens with zero attached hydrogens (tertiary/aromatic N) is 1. The summed E-state index contributed by atoms with van der Waals surface area (Å²) in [7, 11) is -3.65. The molecular formula is C19H33IN4O2S. The molecule has 1 aliphatic rings. The smallest absolute Gasteiger partial charge is 0.238 e. The molecule has 0 saturated heterocycles. The fraction of sp³-hybridized carbons (Fsp3) is 0.632. The fourth-order valence-corrected chi connectivity index (χ4v) is 3.91. The number of nitrogens with one attached hydrogen (secondary N) is 2. The maximum absolute atomic E-state index is 11.3. The zero-order valence-electron chi connectivity index (χ0n) is 16.4. The molecule has 1 aromatic carbocycles. The van der Waals surface area contributed by atoms with Crippen molar-refractivity contribution >= 4 is 40.0 Å². The van der Waals surface area contributed by atoms with Crippen molar-refractivity contribution in [3.8, 4) is 0 Å². The zero-order chi connectivity index (χ0) is 19.2. The van der Waals surface area contributed by atoms with E-state index in [4.69, 9.17) is 5.14 Å². The summed E-state index contributed by atoms with van der Waals surface area (Å²) < 4.78 is 22.6. The SMILES string of the molecule is CCNC(=NCc1ccc(S(N)(=O)=O)cc1)NC1CCC(C(C)C)CC1.I. The van der Waals surface area contributed by atoms with Gasteiger partial charge in [-0.25, -0.2) is 18.5 Å². The van der Waals surface area contributed by atoms with E-state index in [1.807, 2.05) is 6.92 Å². The average molecular weight is 508 g/mol. The molecule has 1 aromatic rings. The van der Waals surface area contributed by atoms with E-state index in [0.717, 1.165) is 29.9 Å². The largest absolute Gasteiger partial charge is 0.357 e. The lowest BCUT2D eigenvalue weighted by Gasteiger charge is -2.32. The van der Waals surface area contributed by atoms with Crippen molar-refractivity contribution in [3.05, 3.63) is 29.8 Å². The van der Waals surface area contributed by atoms with E-state index in [1.165, 1.54) is 37.8 Å². The summed E-state index contributed by atoms with van der Waals surface area (Å²) in [5.74, 6) is 2.42. The first-order chi connectivity index (χ1) is 12.3. The van der Waals surface area contributed by atoms with Crippen LogP contribution in [0.3, 0.4) is 0 Å². The van der Waals surface area contributed by atoms with Crippen molar-refractivity contribution in [3.63, 3.8) is 0 Å². The van der Waals surface area contributed by atoms with Gasteiger partial charge in [0.05, 0.1) is 11.4 Å². The lowest BCUT2D eigenvalue weighted by molar-refractivity contribution is 0.250. The Balaban J connectivity index is 0.00000364. The average Bonchev–Trinajstić information content (AvgIpc) is 2.60. The molecule has 2 rings (SSSR count). The van der Waals surface area contributed by atoms with E-state index < -0.39 is 10.0 Å². The maximum atomic E-state index is 11.3. The van der Waals surface area contributed by atoms with Crippen molar-refractivity contribution in [2.24, 2.45) is 22.0 Å². The number of sulfonamides is 1. The van der Waals surface area contributed by atoms with Crippen LogP contribution >= 0.6 is 24.0 Å². The normalized spacial score (nSPS) is 20.9. The number of benzene rings is 1. The quantitative estimate of drug-likeness (QED) is 0.312. The van der Waals surface area contributed by atoms with Crippen LogP contribution in [0.4, 0.5) is 0 Å². The molecule has 1 aliphatic carbocycles. The monoisotopic (exact) mass is 508 g/mol. The summed E-state index contributed by atoms with van der Waals surface area (Å²) in [6, 6.07) is 7.01. The maximum Gasteiger partial charge on any atom is 0.238 e. The van der Waals surface area contributed by atoms with Crippen LogP contribution in [-0.4, -0.2) is 27.0 Å². The van der Waals surface area contributed by atoms with Crippen molar-refractivity contribution in [2.45, 2.75) is 63.9 Å². The number of primary sulfonamides is 1. The van der Waals surface area contributed by atoms with Gasteiger partial charge in [-0.3, -0.25) is 0 Å². The van der Waals surface area contributed by atoms with Gasteiger partial charge in [0.25, 0.3) is 0 Å². The molecule has 0 heterocycles. The molecule has 0 aromatic heterocycles. The second-order valence-corrected chi connectivity index (χ2v) is 8.95. The van der Waals surface area contributed by atoms with Gasteiger partial charge < -0.3 is 10.6 Å². The second-order valence-electron chi connectivity index (χ2n) is 7.38. The number of halogens is 1. The van der Waals surface area contributed by atoms with Crippen molar-refractivity contribution in [2.75, 3.05) is 6.54 Å². The van der Waals surface area contributed by atoms with E-state index in [1.54, 1.807) is 12.1 Å². The van der Waals surface area contributed by atoms with Gasteiger partial charge >= 0.3 is 0 Å². The van der Waals surface area contributed by atoms with Gasteiger partial charge in [-0.1, -0.05) is 26.0 Å². The molecule has 0 atom stereocenters. The van der Waals surface area contributed by atoms with Crippen LogP contribution in [0, 0.1) is 11.8 Å². The Morgan fingerprint density at radius 2 is 1.78 bits per heavy atom. The third-order valence-corrected chi connectivity index (χ3v) is 6.00. The summed E-state index contributed by atoms with van der Waals surface area (Å²) in [6.07, 6.45) is 4.89. The number of guanidine groups is 1. The van der Waals surface area contributed by atoms with Crippen molar-refractivity contribution in [1.82, 2.24) is 10.6 Å². The van der Waals surface area contributed by atoms with Crippen LogP contribution in [0.15, 0.2) is 34.2 Å². The van der Waals surface area contributed by atoms with Crippen LogP contribution in [0.1, 0.15) is 52.0 Å². The van der Waals surface area contributed by atoms with E-state index in [2.05, 4.69) is 29.5 Å². The molecule has 0 amide bonds. The van der Waals surface area contributed by atoms with Crippen molar-refractivity contribution < 1.29 is 8.42 Å². The first-order valence-corrected chi connectivity index (χ1v) is 11.0. The van der Waals surface area contributed by atoms with Gasteiger partial charge in [0.1, 0.15) is 0 Å². The highest BCUT2D eigenvalue weighted by Crippen LogP contribution is 2.29. The van der Waals surface area contributed by atoms with Crippen LogP contribution in [0.5, 0.6) is 0 Å². The van der Waals surface area contributed by atoms with Gasteiger partial charge in [0.15, 0.2) is 5.96 Å². The number of rotatable bonds is 6. The molecule has 27 heavy (non-hydrogen) atoms. The van der Waals surface area contributed by atoms with Gasteiger partial charge in [-0.2, -0.15) is 0 Å². The Hall–Kier alpha value is -0.870. The minimum Gasteiger partial charge on any atom is -0.357 e. The minimum absolute atomic E-state index is 0. The Labute approximate surface area is 180 Å². The number of aliphatic imine (C=N–C) groups is 1. The highest BCUT2D eigenvalue weighted by atomic mass is 127. The van der Waals surface area contributed by atoms with E-state index in [-0.39, 0.29) is 28.9 Å². The van der Waals surface area contributed by atoms with Crippen molar-refractivity contribution in [1.29, 1.82) is 0 Å². The number of hydrogen-bond donors (Lipinski definition) is 3. The molecular weight excluding hydrogens is 475 g/mol. The van der Waals surface area contributed by atoms with E-state index in [9.17, 15) is 8.42 Å². The third kappa shape index (κ3) is 7.95. The molecule has 0 radical (unpaired) electrons. The summed E-state index contributed by atoms with van der Waals surface area (Å²) >= 11 is 0. The predicted octanol–water partition coefficient (Wildman–Crippen LogP) is 3.22. The molecule has 1 saturated carbocycles. The first-order valence-electron chi connectivity index (χ1n) is 9.46. The van der Waals surface area contributed by atoms with E-state index >= 15 is 0 Å². The molecule has 0 bridgehead atoms. The van der Waals surface area contributed by atoms with Gasteiger partial charge in [0.2, 0.25) is 10.0 Å². The summed E-state index contributed by atoms with van der Waals surface area (Å²) in [6.45, 7) is 7.96. The second kappa shape index (κ2) is 11.2.